The zero-order chi connectivity index (χ0) is 22.6. The van der Waals surface area contributed by atoms with Crippen molar-refractivity contribution in [3.8, 4) is 0 Å². The molecule has 0 saturated carbocycles. The van der Waals surface area contributed by atoms with E-state index in [1.165, 1.54) is 51.9 Å². The normalized spacial score (nSPS) is 13.5. The standard InChI is InChI=1S/C24H45NO5/c1-3-4-5-6-7-8-9-10-11-12-13-14-15-16-17-18-23(29)25(19-22(28)20-26)24(30)21(2)27/h10-11,21-22,26-28H,3-9,12-20H2,1-2H3. The highest BCUT2D eigenvalue weighted by molar-refractivity contribution is 5.97. The zero-order valence-electron chi connectivity index (χ0n) is 19.2. The summed E-state index contributed by atoms with van der Waals surface area (Å²) in [5, 5.41) is 27.9. The molecule has 2 atom stereocenters. The molecule has 3 N–H and O–H groups in total. The van der Waals surface area contributed by atoms with Gasteiger partial charge in [0.1, 0.15) is 6.10 Å². The van der Waals surface area contributed by atoms with Crippen molar-refractivity contribution in [3.05, 3.63) is 12.2 Å². The maximum atomic E-state index is 12.3. The second-order valence-corrected chi connectivity index (χ2v) is 8.19. The van der Waals surface area contributed by atoms with E-state index in [0.29, 0.717) is 6.42 Å². The summed E-state index contributed by atoms with van der Waals surface area (Å²) in [5.41, 5.74) is 0. The summed E-state index contributed by atoms with van der Waals surface area (Å²) >= 11 is 0. The summed E-state index contributed by atoms with van der Waals surface area (Å²) in [4.78, 5) is 25.1. The first-order valence-corrected chi connectivity index (χ1v) is 11.9. The van der Waals surface area contributed by atoms with Crippen LogP contribution >= 0.6 is 0 Å². The molecule has 6 heteroatoms. The van der Waals surface area contributed by atoms with Gasteiger partial charge in [0.25, 0.3) is 5.91 Å². The van der Waals surface area contributed by atoms with Crippen LogP contribution < -0.4 is 0 Å². The van der Waals surface area contributed by atoms with Gasteiger partial charge in [-0.05, 0) is 39.0 Å². The number of imide groups is 1. The maximum absolute atomic E-state index is 12.3. The first-order valence-electron chi connectivity index (χ1n) is 11.9. The number of amides is 2. The minimum atomic E-state index is -1.31. The lowest BCUT2D eigenvalue weighted by atomic mass is 10.1. The Hall–Kier alpha value is -1.24. The van der Waals surface area contributed by atoms with E-state index >= 15 is 0 Å². The fourth-order valence-corrected chi connectivity index (χ4v) is 3.29. The highest BCUT2D eigenvalue weighted by Gasteiger charge is 2.26. The Labute approximate surface area is 183 Å². The highest BCUT2D eigenvalue weighted by atomic mass is 16.3. The lowest BCUT2D eigenvalue weighted by Crippen LogP contribution is -2.46. The van der Waals surface area contributed by atoms with Gasteiger partial charge in [-0.25, -0.2) is 0 Å². The third kappa shape index (κ3) is 15.6. The van der Waals surface area contributed by atoms with Crippen molar-refractivity contribution < 1.29 is 24.9 Å². The summed E-state index contributed by atoms with van der Waals surface area (Å²) in [6, 6.07) is 0. The third-order valence-corrected chi connectivity index (χ3v) is 5.18. The summed E-state index contributed by atoms with van der Waals surface area (Å²) in [6.07, 6.45) is 17.5. The van der Waals surface area contributed by atoms with E-state index in [1.807, 2.05) is 0 Å². The number of aliphatic hydroxyl groups excluding tert-OH is 3. The lowest BCUT2D eigenvalue weighted by molar-refractivity contribution is -0.152. The van der Waals surface area contributed by atoms with Gasteiger partial charge in [-0.1, -0.05) is 70.4 Å². The van der Waals surface area contributed by atoms with Crippen LogP contribution in [0.25, 0.3) is 0 Å². The van der Waals surface area contributed by atoms with Crippen molar-refractivity contribution in [2.75, 3.05) is 13.2 Å². The molecule has 0 radical (unpaired) electrons. The molecule has 0 aromatic carbocycles. The minimum absolute atomic E-state index is 0.203. The van der Waals surface area contributed by atoms with Crippen LogP contribution in [0.4, 0.5) is 0 Å². The van der Waals surface area contributed by atoms with E-state index in [0.717, 1.165) is 37.0 Å². The highest BCUT2D eigenvalue weighted by Crippen LogP contribution is 2.11. The molecule has 0 rings (SSSR count). The number of unbranched alkanes of at least 4 members (excludes halogenated alkanes) is 11. The van der Waals surface area contributed by atoms with Crippen LogP contribution in [-0.4, -0.2) is 57.4 Å². The summed E-state index contributed by atoms with van der Waals surface area (Å²) < 4.78 is 0. The molecule has 0 aliphatic carbocycles. The fraction of sp³-hybridized carbons (Fsp3) is 0.833. The predicted octanol–water partition coefficient (Wildman–Crippen LogP) is 4.11. The Bertz CT molecular complexity index is 465. The molecule has 0 spiro atoms. The molecule has 0 saturated heterocycles. The first-order chi connectivity index (χ1) is 14.4. The average Bonchev–Trinajstić information content (AvgIpc) is 2.73. The Morgan fingerprint density at radius 1 is 0.833 bits per heavy atom. The number of hydrogen-bond acceptors (Lipinski definition) is 5. The second-order valence-electron chi connectivity index (χ2n) is 8.19. The van der Waals surface area contributed by atoms with Crippen LogP contribution in [0, 0.1) is 0 Å². The van der Waals surface area contributed by atoms with Gasteiger partial charge in [0.05, 0.1) is 19.3 Å². The number of hydrogen-bond donors (Lipinski definition) is 3. The van der Waals surface area contributed by atoms with Crippen LogP contribution in [0.5, 0.6) is 0 Å². The van der Waals surface area contributed by atoms with Crippen LogP contribution in [0.1, 0.15) is 104 Å². The Kier molecular flexibility index (Phi) is 18.9. The average molecular weight is 428 g/mol. The zero-order valence-corrected chi connectivity index (χ0v) is 19.2. The second kappa shape index (κ2) is 19.7. The molecule has 0 aromatic rings. The number of carbonyl (C=O) groups is 2. The van der Waals surface area contributed by atoms with Gasteiger partial charge < -0.3 is 15.3 Å². The Balaban J connectivity index is 3.79. The van der Waals surface area contributed by atoms with E-state index in [2.05, 4.69) is 19.1 Å². The fourth-order valence-electron chi connectivity index (χ4n) is 3.29. The van der Waals surface area contributed by atoms with E-state index in [-0.39, 0.29) is 13.0 Å². The Morgan fingerprint density at radius 3 is 1.83 bits per heavy atom. The van der Waals surface area contributed by atoms with Gasteiger partial charge in [-0.3, -0.25) is 14.5 Å². The van der Waals surface area contributed by atoms with Gasteiger partial charge in [-0.15, -0.1) is 0 Å². The smallest absolute Gasteiger partial charge is 0.257 e. The number of carbonyl (C=O) groups excluding carboxylic acids is 2. The van der Waals surface area contributed by atoms with Crippen molar-refractivity contribution >= 4 is 11.8 Å². The van der Waals surface area contributed by atoms with E-state index in [9.17, 15) is 19.8 Å². The first kappa shape index (κ1) is 28.8. The number of nitrogens with zero attached hydrogens (tertiary/aromatic N) is 1. The topological polar surface area (TPSA) is 98.1 Å². The lowest BCUT2D eigenvalue weighted by Gasteiger charge is -2.24. The van der Waals surface area contributed by atoms with E-state index < -0.39 is 30.6 Å². The monoisotopic (exact) mass is 427 g/mol. The largest absolute Gasteiger partial charge is 0.394 e. The molecule has 2 unspecified atom stereocenters. The van der Waals surface area contributed by atoms with Gasteiger partial charge in [0.15, 0.2) is 0 Å². The third-order valence-electron chi connectivity index (χ3n) is 5.18. The molecular formula is C24H45NO5. The van der Waals surface area contributed by atoms with Crippen molar-refractivity contribution in [2.24, 2.45) is 0 Å². The summed E-state index contributed by atoms with van der Waals surface area (Å²) in [5.74, 6) is -1.15. The molecule has 0 fully saturated rings. The molecule has 0 heterocycles. The van der Waals surface area contributed by atoms with Crippen LogP contribution in [0.15, 0.2) is 12.2 Å². The SMILES string of the molecule is CCCCCCCCC=CCCCCCCCC(=O)N(CC(O)CO)C(=O)C(C)O. The van der Waals surface area contributed by atoms with Crippen LogP contribution in [-0.2, 0) is 9.59 Å². The minimum Gasteiger partial charge on any atom is -0.394 e. The molecule has 0 aliphatic rings. The van der Waals surface area contributed by atoms with E-state index in [1.54, 1.807) is 0 Å². The van der Waals surface area contributed by atoms with Crippen molar-refractivity contribution in [3.63, 3.8) is 0 Å². The molecule has 176 valence electrons. The van der Waals surface area contributed by atoms with Gasteiger partial charge in [0, 0.05) is 6.42 Å². The van der Waals surface area contributed by atoms with Gasteiger partial charge in [-0.2, -0.15) is 0 Å². The number of aliphatic hydroxyl groups is 3. The molecule has 2 amide bonds. The molecule has 6 nitrogen and oxygen atoms in total. The number of rotatable bonds is 19. The molecule has 0 bridgehead atoms. The van der Waals surface area contributed by atoms with Crippen molar-refractivity contribution in [1.82, 2.24) is 4.90 Å². The van der Waals surface area contributed by atoms with E-state index in [4.69, 9.17) is 5.11 Å². The van der Waals surface area contributed by atoms with Gasteiger partial charge in [0.2, 0.25) is 5.91 Å². The maximum Gasteiger partial charge on any atom is 0.257 e. The molecule has 30 heavy (non-hydrogen) atoms. The van der Waals surface area contributed by atoms with Crippen molar-refractivity contribution in [1.29, 1.82) is 0 Å². The van der Waals surface area contributed by atoms with Crippen LogP contribution in [0.2, 0.25) is 0 Å². The molecule has 0 aliphatic heterocycles. The predicted molar refractivity (Wildman–Crippen MR) is 121 cm³/mol. The summed E-state index contributed by atoms with van der Waals surface area (Å²) in [6.45, 7) is 2.70. The number of allylic oxidation sites excluding steroid dienone is 2. The van der Waals surface area contributed by atoms with Crippen molar-refractivity contribution in [2.45, 2.75) is 116 Å². The molecule has 0 aromatic heterocycles. The summed E-state index contributed by atoms with van der Waals surface area (Å²) in [7, 11) is 0. The van der Waals surface area contributed by atoms with Crippen LogP contribution in [0.3, 0.4) is 0 Å². The quantitative estimate of drug-likeness (QED) is 0.213. The Morgan fingerprint density at radius 2 is 1.33 bits per heavy atom. The molecular weight excluding hydrogens is 382 g/mol. The van der Waals surface area contributed by atoms with Gasteiger partial charge >= 0.3 is 0 Å².